The van der Waals surface area contributed by atoms with Crippen LogP contribution in [0.4, 0.5) is 0 Å². The van der Waals surface area contributed by atoms with Crippen molar-refractivity contribution in [3.05, 3.63) is 82.4 Å². The molecule has 1 saturated heterocycles. The number of nitrogens with zero attached hydrogens (tertiary/aromatic N) is 3. The van der Waals surface area contributed by atoms with Gasteiger partial charge in [-0.1, -0.05) is 23.7 Å². The Kier molecular flexibility index (Phi) is 6.61. The molecule has 0 bridgehead atoms. The second-order valence-corrected chi connectivity index (χ2v) is 8.68. The first-order valence-corrected chi connectivity index (χ1v) is 11.2. The summed E-state index contributed by atoms with van der Waals surface area (Å²) < 4.78 is 2.05. The van der Waals surface area contributed by atoms with Crippen LogP contribution in [0.15, 0.2) is 54.9 Å². The van der Waals surface area contributed by atoms with E-state index >= 15 is 0 Å². The van der Waals surface area contributed by atoms with E-state index in [0.29, 0.717) is 43.1 Å². The summed E-state index contributed by atoms with van der Waals surface area (Å²) in [5.41, 5.74) is 4.49. The van der Waals surface area contributed by atoms with E-state index in [1.165, 1.54) is 0 Å². The fourth-order valence-electron chi connectivity index (χ4n) is 4.34. The topological polar surface area (TPSA) is 67.2 Å². The number of aromatic nitrogens is 2. The molecule has 1 aromatic carbocycles. The fourth-order valence-corrected chi connectivity index (χ4v) is 4.53. The zero-order valence-corrected chi connectivity index (χ0v) is 19.1. The van der Waals surface area contributed by atoms with Gasteiger partial charge in [0.05, 0.1) is 5.56 Å². The van der Waals surface area contributed by atoms with E-state index in [2.05, 4.69) is 14.9 Å². The Labute approximate surface area is 193 Å². The summed E-state index contributed by atoms with van der Waals surface area (Å²) in [5.74, 6) is -0.0182. The molecule has 2 aromatic heterocycles. The highest BCUT2D eigenvalue weighted by atomic mass is 35.5. The van der Waals surface area contributed by atoms with Crippen LogP contribution in [0.25, 0.3) is 5.69 Å². The second-order valence-electron chi connectivity index (χ2n) is 8.25. The minimum absolute atomic E-state index is 0.0144. The van der Waals surface area contributed by atoms with Gasteiger partial charge < -0.3 is 14.8 Å². The fraction of sp³-hybridized carbons (Fsp3) is 0.320. The summed E-state index contributed by atoms with van der Waals surface area (Å²) in [6.45, 7) is 5.57. The zero-order chi connectivity index (χ0) is 22.7. The molecule has 0 unspecified atom stereocenters. The molecule has 2 amide bonds. The van der Waals surface area contributed by atoms with Crippen LogP contribution in [0, 0.1) is 19.8 Å². The second kappa shape index (κ2) is 9.57. The first-order chi connectivity index (χ1) is 15.4. The Hall–Kier alpha value is -3.12. The summed E-state index contributed by atoms with van der Waals surface area (Å²) in [6, 6.07) is 13.3. The van der Waals surface area contributed by atoms with Crippen molar-refractivity contribution in [1.29, 1.82) is 0 Å². The Bertz CT molecular complexity index is 1120. The van der Waals surface area contributed by atoms with Gasteiger partial charge >= 0.3 is 0 Å². The molecule has 3 heterocycles. The van der Waals surface area contributed by atoms with Crippen LogP contribution >= 0.6 is 11.6 Å². The molecule has 0 saturated carbocycles. The summed E-state index contributed by atoms with van der Waals surface area (Å²) >= 11 is 6.16. The van der Waals surface area contributed by atoms with E-state index < -0.39 is 0 Å². The van der Waals surface area contributed by atoms with Crippen molar-refractivity contribution in [3.63, 3.8) is 0 Å². The molecule has 1 fully saturated rings. The zero-order valence-electron chi connectivity index (χ0n) is 18.3. The van der Waals surface area contributed by atoms with E-state index in [1.54, 1.807) is 12.4 Å². The van der Waals surface area contributed by atoms with Crippen molar-refractivity contribution in [1.82, 2.24) is 19.8 Å². The largest absolute Gasteiger partial charge is 0.352 e. The number of amides is 2. The maximum atomic E-state index is 13.3. The number of halogens is 1. The van der Waals surface area contributed by atoms with Gasteiger partial charge in [-0.15, -0.1) is 0 Å². The van der Waals surface area contributed by atoms with Gasteiger partial charge in [0.2, 0.25) is 5.91 Å². The van der Waals surface area contributed by atoms with E-state index in [4.69, 9.17) is 11.6 Å². The van der Waals surface area contributed by atoms with Gasteiger partial charge in [0.25, 0.3) is 5.91 Å². The van der Waals surface area contributed by atoms with Crippen LogP contribution in [0.1, 0.15) is 40.2 Å². The van der Waals surface area contributed by atoms with E-state index in [-0.39, 0.29) is 17.7 Å². The SMILES string of the molecule is Cc1cc(C(=O)N2CCC(C(=O)NCc3cccnc3)CC2)c(C)n1-c1cccc(Cl)c1. The quantitative estimate of drug-likeness (QED) is 0.629. The molecule has 1 aliphatic rings. The number of hydrogen-bond donors (Lipinski definition) is 1. The van der Waals surface area contributed by atoms with Crippen molar-refractivity contribution in [2.75, 3.05) is 13.1 Å². The van der Waals surface area contributed by atoms with Crippen molar-refractivity contribution in [3.8, 4) is 5.69 Å². The molecule has 32 heavy (non-hydrogen) atoms. The minimum Gasteiger partial charge on any atom is -0.352 e. The molecule has 1 aliphatic heterocycles. The molecule has 7 heteroatoms. The number of likely N-dealkylation sites (tertiary alicyclic amines) is 1. The smallest absolute Gasteiger partial charge is 0.255 e. The lowest BCUT2D eigenvalue weighted by Crippen LogP contribution is -2.43. The van der Waals surface area contributed by atoms with Crippen molar-refractivity contribution < 1.29 is 9.59 Å². The van der Waals surface area contributed by atoms with Gasteiger partial charge in [-0.2, -0.15) is 0 Å². The van der Waals surface area contributed by atoms with Crippen molar-refractivity contribution >= 4 is 23.4 Å². The lowest BCUT2D eigenvalue weighted by molar-refractivity contribution is -0.126. The van der Waals surface area contributed by atoms with E-state index in [9.17, 15) is 9.59 Å². The molecular weight excluding hydrogens is 424 g/mol. The van der Waals surface area contributed by atoms with Crippen molar-refractivity contribution in [2.24, 2.45) is 5.92 Å². The number of carbonyl (C=O) groups is 2. The average Bonchev–Trinajstić information content (AvgIpc) is 3.11. The summed E-state index contributed by atoms with van der Waals surface area (Å²) in [6.07, 6.45) is 4.79. The number of hydrogen-bond acceptors (Lipinski definition) is 3. The van der Waals surface area contributed by atoms with Gasteiger partial charge in [-0.3, -0.25) is 14.6 Å². The molecule has 6 nitrogen and oxygen atoms in total. The summed E-state index contributed by atoms with van der Waals surface area (Å²) in [4.78, 5) is 31.7. The lowest BCUT2D eigenvalue weighted by atomic mass is 9.95. The molecule has 0 radical (unpaired) electrons. The van der Waals surface area contributed by atoms with Crippen LogP contribution in [0.3, 0.4) is 0 Å². The third kappa shape index (κ3) is 4.70. The molecule has 166 valence electrons. The normalized spacial score (nSPS) is 14.4. The van der Waals surface area contributed by atoms with E-state index in [1.807, 2.05) is 61.2 Å². The highest BCUT2D eigenvalue weighted by Gasteiger charge is 2.29. The molecule has 0 aliphatic carbocycles. The third-order valence-corrected chi connectivity index (χ3v) is 6.31. The number of carbonyl (C=O) groups excluding carboxylic acids is 2. The van der Waals surface area contributed by atoms with Gasteiger partial charge in [0, 0.05) is 60.0 Å². The molecular formula is C25H27ClN4O2. The number of pyridine rings is 1. The van der Waals surface area contributed by atoms with Crippen LogP contribution < -0.4 is 5.32 Å². The maximum absolute atomic E-state index is 13.3. The Morgan fingerprint density at radius 3 is 2.59 bits per heavy atom. The van der Waals surface area contributed by atoms with Crippen LogP contribution in [0.2, 0.25) is 5.02 Å². The molecule has 1 N–H and O–H groups in total. The third-order valence-electron chi connectivity index (χ3n) is 6.07. The molecule has 0 atom stereocenters. The molecule has 0 spiro atoms. The number of benzene rings is 1. The van der Waals surface area contributed by atoms with E-state index in [0.717, 1.165) is 22.6 Å². The minimum atomic E-state index is -0.0744. The number of rotatable bonds is 5. The van der Waals surface area contributed by atoms with Crippen LogP contribution in [-0.2, 0) is 11.3 Å². The van der Waals surface area contributed by atoms with Gasteiger partial charge in [-0.25, -0.2) is 0 Å². The number of aryl methyl sites for hydroxylation is 1. The maximum Gasteiger partial charge on any atom is 0.255 e. The highest BCUT2D eigenvalue weighted by Crippen LogP contribution is 2.26. The summed E-state index contributed by atoms with van der Waals surface area (Å²) in [7, 11) is 0. The Morgan fingerprint density at radius 2 is 1.91 bits per heavy atom. The number of nitrogens with one attached hydrogen (secondary N) is 1. The van der Waals surface area contributed by atoms with Crippen LogP contribution in [-0.4, -0.2) is 39.4 Å². The van der Waals surface area contributed by atoms with Gasteiger partial charge in [0.15, 0.2) is 0 Å². The summed E-state index contributed by atoms with van der Waals surface area (Å²) in [5, 5.41) is 3.65. The average molecular weight is 451 g/mol. The highest BCUT2D eigenvalue weighted by molar-refractivity contribution is 6.30. The Balaban J connectivity index is 1.38. The first kappa shape index (κ1) is 22.1. The Morgan fingerprint density at radius 1 is 1.12 bits per heavy atom. The molecule has 3 aromatic rings. The number of piperidine rings is 1. The predicted octanol–water partition coefficient (Wildman–Crippen LogP) is 4.31. The monoisotopic (exact) mass is 450 g/mol. The van der Waals surface area contributed by atoms with Gasteiger partial charge in [0.1, 0.15) is 0 Å². The standard InChI is InChI=1S/C25H27ClN4O2/c1-17-13-23(18(2)30(17)22-7-3-6-21(26)14-22)25(32)29-11-8-20(9-12-29)24(31)28-16-19-5-4-10-27-15-19/h3-7,10,13-15,20H,8-9,11-12,16H2,1-2H3,(H,28,31). The lowest BCUT2D eigenvalue weighted by Gasteiger charge is -2.31. The van der Waals surface area contributed by atoms with Crippen LogP contribution in [0.5, 0.6) is 0 Å². The van der Waals surface area contributed by atoms with Gasteiger partial charge in [-0.05, 0) is 62.6 Å². The predicted molar refractivity (Wildman–Crippen MR) is 125 cm³/mol. The first-order valence-electron chi connectivity index (χ1n) is 10.8. The molecule has 4 rings (SSSR count). The van der Waals surface area contributed by atoms with Crippen molar-refractivity contribution in [2.45, 2.75) is 33.2 Å².